The topological polar surface area (TPSA) is 25.2 Å². The first-order chi connectivity index (χ1) is 9.19. The predicted molar refractivity (Wildman–Crippen MR) is 81.7 cm³/mol. The lowest BCUT2D eigenvalue weighted by Gasteiger charge is -2.05. The molecule has 0 atom stereocenters. The molecule has 1 aromatic heterocycles. The van der Waals surface area contributed by atoms with Crippen LogP contribution in [0.25, 0.3) is 11.0 Å². The van der Waals surface area contributed by atoms with Crippen molar-refractivity contribution in [1.82, 2.24) is 5.32 Å². The van der Waals surface area contributed by atoms with Crippen molar-refractivity contribution in [2.24, 2.45) is 0 Å². The molecule has 2 aromatic rings. The van der Waals surface area contributed by atoms with E-state index in [2.05, 4.69) is 51.2 Å². The van der Waals surface area contributed by atoms with Crippen molar-refractivity contribution in [3.8, 4) is 0 Å². The molecule has 2 rings (SSSR count). The van der Waals surface area contributed by atoms with Crippen LogP contribution in [0, 0.1) is 0 Å². The maximum absolute atomic E-state index is 6.18. The van der Waals surface area contributed by atoms with E-state index in [9.17, 15) is 0 Å². The van der Waals surface area contributed by atoms with Gasteiger partial charge in [0.25, 0.3) is 0 Å². The van der Waals surface area contributed by atoms with E-state index in [0.717, 1.165) is 37.3 Å². The second kappa shape index (κ2) is 6.25. The summed E-state index contributed by atoms with van der Waals surface area (Å²) in [6.45, 7) is 10.6. The summed E-state index contributed by atoms with van der Waals surface area (Å²) in [6.07, 6.45) is 2.24. The number of nitrogens with one attached hydrogen (secondary N) is 1. The van der Waals surface area contributed by atoms with Crippen LogP contribution in [0.2, 0.25) is 0 Å². The van der Waals surface area contributed by atoms with E-state index in [-0.39, 0.29) is 0 Å². The lowest BCUT2D eigenvalue weighted by molar-refractivity contribution is 0.509. The monoisotopic (exact) mass is 259 g/mol. The standard InChI is InChI=1S/C17H25NO/c1-5-8-14-15-10-7-9-13(12(3)4)17(15)19-16(14)11-18-6-2/h7,9-10,12,18H,5-6,8,11H2,1-4H3. The van der Waals surface area contributed by atoms with Crippen LogP contribution in [0.15, 0.2) is 22.6 Å². The Bertz CT molecular complexity index is 539. The van der Waals surface area contributed by atoms with Crippen molar-refractivity contribution in [3.05, 3.63) is 35.1 Å². The smallest absolute Gasteiger partial charge is 0.138 e. The first-order valence-corrected chi connectivity index (χ1v) is 7.42. The van der Waals surface area contributed by atoms with Crippen LogP contribution in [0.4, 0.5) is 0 Å². The fourth-order valence-corrected chi connectivity index (χ4v) is 2.60. The Labute approximate surface area is 116 Å². The van der Waals surface area contributed by atoms with Crippen LogP contribution in [0.1, 0.15) is 56.9 Å². The van der Waals surface area contributed by atoms with Crippen molar-refractivity contribution in [1.29, 1.82) is 0 Å². The lowest BCUT2D eigenvalue weighted by Crippen LogP contribution is -2.12. The third kappa shape index (κ3) is 2.84. The van der Waals surface area contributed by atoms with Gasteiger partial charge in [0.2, 0.25) is 0 Å². The molecule has 0 spiro atoms. The zero-order chi connectivity index (χ0) is 13.8. The number of rotatable bonds is 6. The first kappa shape index (κ1) is 14.1. The summed E-state index contributed by atoms with van der Waals surface area (Å²) in [5.41, 5.74) is 3.80. The number of benzene rings is 1. The molecule has 1 aromatic carbocycles. The van der Waals surface area contributed by atoms with Crippen molar-refractivity contribution in [2.45, 2.75) is 53.0 Å². The van der Waals surface area contributed by atoms with E-state index in [4.69, 9.17) is 4.42 Å². The highest BCUT2D eigenvalue weighted by Gasteiger charge is 2.16. The molecule has 0 bridgehead atoms. The number of furan rings is 1. The molecule has 19 heavy (non-hydrogen) atoms. The van der Waals surface area contributed by atoms with E-state index < -0.39 is 0 Å². The molecule has 0 saturated carbocycles. The Morgan fingerprint density at radius 2 is 2.00 bits per heavy atom. The Kier molecular flexibility index (Phi) is 4.65. The number of fused-ring (bicyclic) bond motifs is 1. The molecule has 0 aliphatic carbocycles. The maximum Gasteiger partial charge on any atom is 0.138 e. The molecule has 0 aliphatic rings. The van der Waals surface area contributed by atoms with Gasteiger partial charge in [0, 0.05) is 10.9 Å². The maximum atomic E-state index is 6.18. The summed E-state index contributed by atoms with van der Waals surface area (Å²) in [4.78, 5) is 0. The molecule has 104 valence electrons. The third-order valence-corrected chi connectivity index (χ3v) is 3.59. The van der Waals surface area contributed by atoms with Crippen molar-refractivity contribution < 1.29 is 4.42 Å². The second-order valence-corrected chi connectivity index (χ2v) is 5.41. The SMILES string of the molecule is CCCc1c(CNCC)oc2c(C(C)C)cccc12. The highest BCUT2D eigenvalue weighted by atomic mass is 16.3. The largest absolute Gasteiger partial charge is 0.459 e. The molecule has 0 amide bonds. The number of hydrogen-bond acceptors (Lipinski definition) is 2. The number of aryl methyl sites for hydroxylation is 1. The summed E-state index contributed by atoms with van der Waals surface area (Å²) in [6, 6.07) is 6.54. The van der Waals surface area contributed by atoms with Crippen molar-refractivity contribution in [2.75, 3.05) is 6.54 Å². The van der Waals surface area contributed by atoms with Gasteiger partial charge in [0.1, 0.15) is 11.3 Å². The van der Waals surface area contributed by atoms with Gasteiger partial charge in [-0.2, -0.15) is 0 Å². The summed E-state index contributed by atoms with van der Waals surface area (Å²) < 4.78 is 6.18. The molecular weight excluding hydrogens is 234 g/mol. The van der Waals surface area contributed by atoms with Crippen LogP contribution in [0.3, 0.4) is 0 Å². The summed E-state index contributed by atoms with van der Waals surface area (Å²) in [5, 5.41) is 4.69. The highest BCUT2D eigenvalue weighted by molar-refractivity contribution is 5.85. The van der Waals surface area contributed by atoms with Gasteiger partial charge < -0.3 is 9.73 Å². The van der Waals surface area contributed by atoms with Crippen LogP contribution in [-0.4, -0.2) is 6.54 Å². The van der Waals surface area contributed by atoms with Gasteiger partial charge in [-0.15, -0.1) is 0 Å². The molecule has 0 saturated heterocycles. The molecule has 2 nitrogen and oxygen atoms in total. The van der Waals surface area contributed by atoms with Gasteiger partial charge in [-0.3, -0.25) is 0 Å². The predicted octanol–water partition coefficient (Wildman–Crippen LogP) is 4.62. The minimum absolute atomic E-state index is 0.497. The minimum atomic E-state index is 0.497. The summed E-state index contributed by atoms with van der Waals surface area (Å²) in [7, 11) is 0. The number of hydrogen-bond donors (Lipinski definition) is 1. The fraction of sp³-hybridized carbons (Fsp3) is 0.529. The first-order valence-electron chi connectivity index (χ1n) is 7.42. The van der Waals surface area contributed by atoms with Crippen molar-refractivity contribution >= 4 is 11.0 Å². The Morgan fingerprint density at radius 1 is 1.21 bits per heavy atom. The normalized spacial score (nSPS) is 11.6. The van der Waals surface area contributed by atoms with E-state index in [1.165, 1.54) is 16.5 Å². The van der Waals surface area contributed by atoms with Crippen LogP contribution in [-0.2, 0) is 13.0 Å². The minimum Gasteiger partial charge on any atom is -0.459 e. The zero-order valence-electron chi connectivity index (χ0n) is 12.5. The third-order valence-electron chi connectivity index (χ3n) is 3.59. The molecular formula is C17H25NO. The Balaban J connectivity index is 2.54. The summed E-state index contributed by atoms with van der Waals surface area (Å²) in [5.74, 6) is 1.61. The number of para-hydroxylation sites is 1. The van der Waals surface area contributed by atoms with E-state index in [1.807, 2.05) is 0 Å². The molecule has 2 heteroatoms. The van der Waals surface area contributed by atoms with E-state index in [1.54, 1.807) is 0 Å². The molecule has 1 heterocycles. The average molecular weight is 259 g/mol. The van der Waals surface area contributed by atoms with Gasteiger partial charge in [0.05, 0.1) is 6.54 Å². The molecule has 0 aliphatic heterocycles. The Hall–Kier alpha value is -1.28. The highest BCUT2D eigenvalue weighted by Crippen LogP contribution is 2.32. The van der Waals surface area contributed by atoms with Crippen LogP contribution < -0.4 is 5.32 Å². The van der Waals surface area contributed by atoms with Gasteiger partial charge in [-0.25, -0.2) is 0 Å². The molecule has 1 N–H and O–H groups in total. The van der Waals surface area contributed by atoms with Crippen LogP contribution >= 0.6 is 0 Å². The second-order valence-electron chi connectivity index (χ2n) is 5.41. The molecule has 0 unspecified atom stereocenters. The van der Waals surface area contributed by atoms with Gasteiger partial charge in [-0.05, 0) is 24.4 Å². The zero-order valence-corrected chi connectivity index (χ0v) is 12.5. The Morgan fingerprint density at radius 3 is 2.63 bits per heavy atom. The van der Waals surface area contributed by atoms with Gasteiger partial charge in [0.15, 0.2) is 0 Å². The summed E-state index contributed by atoms with van der Waals surface area (Å²) >= 11 is 0. The fourth-order valence-electron chi connectivity index (χ4n) is 2.60. The van der Waals surface area contributed by atoms with E-state index in [0.29, 0.717) is 5.92 Å². The molecule has 0 fully saturated rings. The van der Waals surface area contributed by atoms with E-state index >= 15 is 0 Å². The lowest BCUT2D eigenvalue weighted by atomic mass is 9.98. The van der Waals surface area contributed by atoms with Crippen LogP contribution in [0.5, 0.6) is 0 Å². The quantitative estimate of drug-likeness (QED) is 0.819. The average Bonchev–Trinajstić information content (AvgIpc) is 2.75. The van der Waals surface area contributed by atoms with Crippen molar-refractivity contribution in [3.63, 3.8) is 0 Å². The molecule has 0 radical (unpaired) electrons. The van der Waals surface area contributed by atoms with Gasteiger partial charge in [-0.1, -0.05) is 52.3 Å². The van der Waals surface area contributed by atoms with Gasteiger partial charge >= 0.3 is 0 Å².